The third-order valence-corrected chi connectivity index (χ3v) is 1.27. The molecule has 2 rings (SSSR count). The largest absolute Gasteiger partial charge is 0.454 e. The van der Waals surface area contributed by atoms with Crippen molar-refractivity contribution in [3.8, 4) is 11.5 Å². The first-order valence-corrected chi connectivity index (χ1v) is 2.84. The van der Waals surface area contributed by atoms with Crippen LogP contribution < -0.4 is 15.2 Å². The topological polar surface area (TPSA) is 44.5 Å². The maximum atomic E-state index is 7.12. The van der Waals surface area contributed by atoms with Crippen LogP contribution in [0.5, 0.6) is 11.5 Å². The summed E-state index contributed by atoms with van der Waals surface area (Å²) in [4.78, 5) is 0. The van der Waals surface area contributed by atoms with Gasteiger partial charge in [0, 0.05) is 11.8 Å². The number of anilines is 1. The Morgan fingerprint density at radius 1 is 1.40 bits per heavy atom. The number of hydrogen-bond donors (Lipinski definition) is 1. The van der Waals surface area contributed by atoms with Gasteiger partial charge in [-0.2, -0.15) is 0 Å². The van der Waals surface area contributed by atoms with E-state index >= 15 is 0 Å². The molecule has 0 aromatic heterocycles. The Morgan fingerprint density at radius 2 is 2.20 bits per heavy atom. The van der Waals surface area contributed by atoms with Gasteiger partial charge in [-0.3, -0.25) is 0 Å². The van der Waals surface area contributed by atoms with Gasteiger partial charge in [0.05, 0.1) is 0 Å². The fourth-order valence-electron chi connectivity index (χ4n) is 0.799. The molecule has 52 valence electrons. The second-order valence-corrected chi connectivity index (χ2v) is 1.99. The number of nitrogen functional groups attached to an aromatic ring is 1. The molecule has 0 atom stereocenters. The molecule has 0 aliphatic carbocycles. The zero-order valence-electron chi connectivity index (χ0n) is 7.13. The minimum atomic E-state index is -2.06. The molecule has 0 saturated carbocycles. The molecular formula is C7H7NO2. The minimum absolute atomic E-state index is 0.347. The summed E-state index contributed by atoms with van der Waals surface area (Å²) in [6, 6.07) is 4.74. The molecule has 0 radical (unpaired) electrons. The predicted molar refractivity (Wildman–Crippen MR) is 37.0 cm³/mol. The van der Waals surface area contributed by atoms with Gasteiger partial charge in [-0.1, -0.05) is 0 Å². The van der Waals surface area contributed by atoms with Gasteiger partial charge >= 0.3 is 0 Å². The van der Waals surface area contributed by atoms with Crippen LogP contribution in [-0.4, -0.2) is 6.75 Å². The summed E-state index contributed by atoms with van der Waals surface area (Å²) >= 11 is 0. The van der Waals surface area contributed by atoms with Gasteiger partial charge in [0.15, 0.2) is 11.5 Å². The molecule has 1 aromatic carbocycles. The number of ether oxygens (including phenoxy) is 2. The maximum absolute atomic E-state index is 7.12. The Morgan fingerprint density at radius 3 is 3.10 bits per heavy atom. The average Bonchev–Trinajstić information content (AvgIpc) is 2.21. The van der Waals surface area contributed by atoms with Crippen LogP contribution in [0.15, 0.2) is 18.2 Å². The van der Waals surface area contributed by atoms with Crippen molar-refractivity contribution >= 4 is 5.69 Å². The molecule has 3 heteroatoms. The van der Waals surface area contributed by atoms with Crippen molar-refractivity contribution in [3.63, 3.8) is 0 Å². The highest BCUT2D eigenvalue weighted by Gasteiger charge is 2.11. The molecule has 0 bridgehead atoms. The molecule has 0 unspecified atom stereocenters. The van der Waals surface area contributed by atoms with Crippen molar-refractivity contribution in [2.75, 3.05) is 12.5 Å². The lowest BCUT2D eigenvalue weighted by molar-refractivity contribution is 0.174. The zero-order chi connectivity index (χ0) is 8.77. The molecule has 1 aliphatic heterocycles. The number of fused-ring (bicyclic) bond motifs is 1. The first-order chi connectivity index (χ1) is 5.57. The number of benzene rings is 1. The Kier molecular flexibility index (Phi) is 0.667. The van der Waals surface area contributed by atoms with Gasteiger partial charge in [-0.05, 0) is 12.1 Å². The summed E-state index contributed by atoms with van der Waals surface area (Å²) < 4.78 is 23.9. The van der Waals surface area contributed by atoms with Gasteiger partial charge in [0.1, 0.15) is 2.74 Å². The normalized spacial score (nSPS) is 21.6. The molecule has 0 fully saturated rings. The van der Waals surface area contributed by atoms with Crippen molar-refractivity contribution in [2.24, 2.45) is 0 Å². The minimum Gasteiger partial charge on any atom is -0.454 e. The molecule has 0 spiro atoms. The Labute approximate surface area is 61.2 Å². The van der Waals surface area contributed by atoms with Gasteiger partial charge < -0.3 is 15.2 Å². The molecule has 1 aromatic rings. The summed E-state index contributed by atoms with van der Waals surface area (Å²) in [6.07, 6.45) is 0. The van der Waals surface area contributed by atoms with Gasteiger partial charge in [-0.25, -0.2) is 0 Å². The van der Waals surface area contributed by atoms with Crippen LogP contribution in [0.4, 0.5) is 5.69 Å². The lowest BCUT2D eigenvalue weighted by Gasteiger charge is -1.94. The molecule has 10 heavy (non-hydrogen) atoms. The smallest absolute Gasteiger partial charge is 0.231 e. The summed E-state index contributed by atoms with van der Waals surface area (Å²) in [5, 5.41) is 0. The second-order valence-electron chi connectivity index (χ2n) is 1.99. The standard InChI is InChI=1S/C7H7NO2/c8-5-1-2-6-7(3-5)10-4-9-6/h1-3H,4,8H2/i4D2. The van der Waals surface area contributed by atoms with E-state index in [-0.39, 0.29) is 0 Å². The first-order valence-electron chi connectivity index (χ1n) is 3.84. The number of nitrogens with two attached hydrogens (primary N) is 1. The highest BCUT2D eigenvalue weighted by Crippen LogP contribution is 2.32. The van der Waals surface area contributed by atoms with Gasteiger partial charge in [-0.15, -0.1) is 0 Å². The average molecular weight is 139 g/mol. The van der Waals surface area contributed by atoms with E-state index in [1.165, 1.54) is 6.07 Å². The molecule has 0 saturated heterocycles. The predicted octanol–water partition coefficient (Wildman–Crippen LogP) is 0.998. The van der Waals surface area contributed by atoms with E-state index in [2.05, 4.69) is 0 Å². The van der Waals surface area contributed by atoms with E-state index in [0.717, 1.165) is 0 Å². The fourth-order valence-corrected chi connectivity index (χ4v) is 0.799. The second kappa shape index (κ2) is 1.80. The van der Waals surface area contributed by atoms with Crippen molar-refractivity contribution < 1.29 is 12.2 Å². The third-order valence-electron chi connectivity index (χ3n) is 1.27. The van der Waals surface area contributed by atoms with Crippen LogP contribution in [0.25, 0.3) is 0 Å². The van der Waals surface area contributed by atoms with Crippen LogP contribution in [-0.2, 0) is 0 Å². The van der Waals surface area contributed by atoms with E-state index in [1.54, 1.807) is 12.1 Å². The highest BCUT2D eigenvalue weighted by atomic mass is 16.7. The first kappa shape index (κ1) is 3.71. The van der Waals surface area contributed by atoms with Crippen LogP contribution in [0.2, 0.25) is 0 Å². The third kappa shape index (κ3) is 0.673. The highest BCUT2D eigenvalue weighted by molar-refractivity contribution is 5.52. The fraction of sp³-hybridized carbons (Fsp3) is 0.143. The van der Waals surface area contributed by atoms with Crippen LogP contribution >= 0.6 is 0 Å². The van der Waals surface area contributed by atoms with Gasteiger partial charge in [0.25, 0.3) is 0 Å². The van der Waals surface area contributed by atoms with E-state index in [9.17, 15) is 0 Å². The summed E-state index contributed by atoms with van der Waals surface area (Å²) in [6.45, 7) is -2.06. The van der Waals surface area contributed by atoms with Crippen LogP contribution in [0.1, 0.15) is 2.74 Å². The van der Waals surface area contributed by atoms with Crippen LogP contribution in [0.3, 0.4) is 0 Å². The molecule has 2 N–H and O–H groups in total. The monoisotopic (exact) mass is 139 g/mol. The van der Waals surface area contributed by atoms with E-state index in [0.29, 0.717) is 17.2 Å². The van der Waals surface area contributed by atoms with Crippen molar-refractivity contribution in [3.05, 3.63) is 18.2 Å². The molecule has 1 aliphatic rings. The van der Waals surface area contributed by atoms with Crippen LogP contribution in [0, 0.1) is 0 Å². The summed E-state index contributed by atoms with van der Waals surface area (Å²) in [5.41, 5.74) is 5.98. The number of hydrogen-bond acceptors (Lipinski definition) is 3. The van der Waals surface area contributed by atoms with Crippen molar-refractivity contribution in [1.29, 1.82) is 0 Å². The Balaban J connectivity index is 2.43. The molecule has 3 nitrogen and oxygen atoms in total. The SMILES string of the molecule is [2H]C1([2H])Oc2ccc(N)cc2O1. The number of rotatable bonds is 0. The quantitative estimate of drug-likeness (QED) is 0.545. The molecular weight excluding hydrogens is 130 g/mol. The molecule has 0 amide bonds. The summed E-state index contributed by atoms with van der Waals surface area (Å²) in [7, 11) is 0. The van der Waals surface area contributed by atoms with E-state index in [4.69, 9.17) is 17.9 Å². The van der Waals surface area contributed by atoms with Crippen molar-refractivity contribution in [2.45, 2.75) is 0 Å². The summed E-state index contributed by atoms with van der Waals surface area (Å²) in [5.74, 6) is 0.731. The Bertz CT molecular complexity index is 327. The van der Waals surface area contributed by atoms with Crippen molar-refractivity contribution in [1.82, 2.24) is 0 Å². The Hall–Kier alpha value is -1.38. The van der Waals surface area contributed by atoms with E-state index < -0.39 is 6.75 Å². The van der Waals surface area contributed by atoms with E-state index in [1.807, 2.05) is 0 Å². The van der Waals surface area contributed by atoms with Gasteiger partial charge in [0.2, 0.25) is 6.75 Å². The maximum Gasteiger partial charge on any atom is 0.231 e. The molecule has 1 heterocycles. The lowest BCUT2D eigenvalue weighted by atomic mass is 10.3. The zero-order valence-corrected chi connectivity index (χ0v) is 5.13. The lowest BCUT2D eigenvalue weighted by Crippen LogP contribution is -1.92.